The molecule has 2 N–H and O–H groups in total. The first kappa shape index (κ1) is 9.46. The second-order valence-corrected chi connectivity index (χ2v) is 4.83. The minimum Gasteiger partial charge on any atom is -0.399 e. The quantitative estimate of drug-likeness (QED) is 0.560. The summed E-state index contributed by atoms with van der Waals surface area (Å²) >= 11 is 1.87. The summed E-state index contributed by atoms with van der Waals surface area (Å²) in [5, 5.41) is 0.632. The van der Waals surface area contributed by atoms with Crippen molar-refractivity contribution in [3.63, 3.8) is 0 Å². The second kappa shape index (κ2) is 3.85. The number of nitrogen functional groups attached to an aromatic ring is 1. The van der Waals surface area contributed by atoms with Gasteiger partial charge in [-0.25, -0.2) is 0 Å². The number of hydrogen-bond acceptors (Lipinski definition) is 2. The number of thioether (sulfide) groups is 1. The van der Waals surface area contributed by atoms with Crippen LogP contribution in [0.1, 0.15) is 19.4 Å². The summed E-state index contributed by atoms with van der Waals surface area (Å²) in [7, 11) is 0. The Morgan fingerprint density at radius 2 is 2.00 bits per heavy atom. The number of anilines is 1. The molecule has 0 saturated heterocycles. The Bertz CT molecular complexity index is 269. The van der Waals surface area contributed by atoms with Crippen molar-refractivity contribution >= 4 is 17.4 Å². The van der Waals surface area contributed by atoms with E-state index in [9.17, 15) is 0 Å². The first-order chi connectivity index (χ1) is 5.59. The lowest BCUT2D eigenvalue weighted by Crippen LogP contribution is -1.90. The van der Waals surface area contributed by atoms with Gasteiger partial charge in [0.25, 0.3) is 0 Å². The van der Waals surface area contributed by atoms with Gasteiger partial charge < -0.3 is 5.73 Å². The van der Waals surface area contributed by atoms with E-state index in [2.05, 4.69) is 26.0 Å². The predicted octanol–water partition coefficient (Wildman–Crippen LogP) is 3.08. The van der Waals surface area contributed by atoms with Gasteiger partial charge in [0, 0.05) is 15.8 Å². The molecule has 0 unspecified atom stereocenters. The van der Waals surface area contributed by atoms with Gasteiger partial charge in [0.2, 0.25) is 0 Å². The molecule has 0 aliphatic heterocycles. The summed E-state index contributed by atoms with van der Waals surface area (Å²) in [4.78, 5) is 1.30. The minimum atomic E-state index is 0.632. The first-order valence-electron chi connectivity index (χ1n) is 4.12. The summed E-state index contributed by atoms with van der Waals surface area (Å²) < 4.78 is 0. The summed E-state index contributed by atoms with van der Waals surface area (Å²) in [5.41, 5.74) is 7.76. The van der Waals surface area contributed by atoms with Crippen LogP contribution in [0.15, 0.2) is 23.1 Å². The molecule has 1 nitrogen and oxygen atoms in total. The van der Waals surface area contributed by atoms with Crippen molar-refractivity contribution in [3.8, 4) is 0 Å². The van der Waals surface area contributed by atoms with Gasteiger partial charge >= 0.3 is 0 Å². The zero-order chi connectivity index (χ0) is 9.14. The number of benzene rings is 1. The highest BCUT2D eigenvalue weighted by Crippen LogP contribution is 2.25. The lowest BCUT2D eigenvalue weighted by molar-refractivity contribution is 1.11. The molecule has 0 radical (unpaired) electrons. The third-order valence-electron chi connectivity index (χ3n) is 1.61. The van der Waals surface area contributed by atoms with Gasteiger partial charge in [0.05, 0.1) is 0 Å². The van der Waals surface area contributed by atoms with E-state index < -0.39 is 0 Å². The molecular weight excluding hydrogens is 166 g/mol. The van der Waals surface area contributed by atoms with E-state index >= 15 is 0 Å². The molecule has 0 heterocycles. The van der Waals surface area contributed by atoms with Gasteiger partial charge in [-0.05, 0) is 30.7 Å². The van der Waals surface area contributed by atoms with Crippen LogP contribution in [-0.2, 0) is 0 Å². The summed E-state index contributed by atoms with van der Waals surface area (Å²) in [6.45, 7) is 6.42. The van der Waals surface area contributed by atoms with Crippen molar-refractivity contribution in [2.24, 2.45) is 0 Å². The van der Waals surface area contributed by atoms with Crippen molar-refractivity contribution < 1.29 is 0 Å². The lowest BCUT2D eigenvalue weighted by Gasteiger charge is -2.06. The lowest BCUT2D eigenvalue weighted by atomic mass is 10.2. The van der Waals surface area contributed by atoms with Crippen LogP contribution in [0.2, 0.25) is 0 Å². The summed E-state index contributed by atoms with van der Waals surface area (Å²) in [6, 6.07) is 6.19. The van der Waals surface area contributed by atoms with Crippen LogP contribution in [-0.4, -0.2) is 5.25 Å². The van der Waals surface area contributed by atoms with Crippen LogP contribution in [0.3, 0.4) is 0 Å². The molecule has 0 amide bonds. The Balaban J connectivity index is 2.82. The van der Waals surface area contributed by atoms with E-state index in [1.54, 1.807) is 0 Å². The van der Waals surface area contributed by atoms with Crippen molar-refractivity contribution in [2.75, 3.05) is 5.73 Å². The van der Waals surface area contributed by atoms with Crippen LogP contribution in [0.5, 0.6) is 0 Å². The van der Waals surface area contributed by atoms with Gasteiger partial charge in [-0.15, -0.1) is 11.8 Å². The molecule has 1 aromatic rings. The molecule has 0 aliphatic rings. The monoisotopic (exact) mass is 181 g/mol. The van der Waals surface area contributed by atoms with Gasteiger partial charge in [-0.2, -0.15) is 0 Å². The number of aryl methyl sites for hydroxylation is 1. The number of hydrogen-bond donors (Lipinski definition) is 1. The zero-order valence-corrected chi connectivity index (χ0v) is 8.61. The van der Waals surface area contributed by atoms with Crippen LogP contribution in [0.25, 0.3) is 0 Å². The topological polar surface area (TPSA) is 26.0 Å². The van der Waals surface area contributed by atoms with Crippen molar-refractivity contribution in [2.45, 2.75) is 30.9 Å². The molecule has 12 heavy (non-hydrogen) atoms. The van der Waals surface area contributed by atoms with Crippen LogP contribution >= 0.6 is 11.8 Å². The fourth-order valence-corrected chi connectivity index (χ4v) is 1.93. The highest BCUT2D eigenvalue weighted by atomic mass is 32.2. The highest BCUT2D eigenvalue weighted by molar-refractivity contribution is 7.99. The molecule has 1 rings (SSSR count). The Kier molecular flexibility index (Phi) is 3.04. The van der Waals surface area contributed by atoms with E-state index in [4.69, 9.17) is 5.73 Å². The van der Waals surface area contributed by atoms with Crippen molar-refractivity contribution in [3.05, 3.63) is 23.8 Å². The fraction of sp³-hybridized carbons (Fsp3) is 0.400. The maximum absolute atomic E-state index is 5.71. The predicted molar refractivity (Wildman–Crippen MR) is 56.6 cm³/mol. The number of rotatable bonds is 2. The van der Waals surface area contributed by atoms with E-state index in [-0.39, 0.29) is 0 Å². The smallest absolute Gasteiger partial charge is 0.0344 e. The Morgan fingerprint density at radius 3 is 2.50 bits per heavy atom. The molecule has 0 aromatic heterocycles. The van der Waals surface area contributed by atoms with Crippen LogP contribution < -0.4 is 5.73 Å². The van der Waals surface area contributed by atoms with Crippen molar-refractivity contribution in [1.82, 2.24) is 0 Å². The molecular formula is C10H15NS. The highest BCUT2D eigenvalue weighted by Gasteiger charge is 1.99. The third-order valence-corrected chi connectivity index (χ3v) is 2.61. The van der Waals surface area contributed by atoms with Crippen molar-refractivity contribution in [1.29, 1.82) is 0 Å². The summed E-state index contributed by atoms with van der Waals surface area (Å²) in [5.74, 6) is 0. The normalized spacial score (nSPS) is 10.7. The average Bonchev–Trinajstić information content (AvgIpc) is 1.96. The molecule has 1 aromatic carbocycles. The molecule has 0 bridgehead atoms. The van der Waals surface area contributed by atoms with Gasteiger partial charge in [-0.1, -0.05) is 13.8 Å². The maximum atomic E-state index is 5.71. The Morgan fingerprint density at radius 1 is 1.33 bits per heavy atom. The Labute approximate surface area is 78.4 Å². The molecule has 0 aliphatic carbocycles. The van der Waals surface area contributed by atoms with E-state index in [1.165, 1.54) is 10.5 Å². The molecule has 0 atom stereocenters. The largest absolute Gasteiger partial charge is 0.399 e. The SMILES string of the molecule is Cc1cc(SC(C)C)ccc1N. The standard InChI is InChI=1S/C10H15NS/c1-7(2)12-9-4-5-10(11)8(3)6-9/h4-7H,11H2,1-3H3. The molecule has 0 fully saturated rings. The maximum Gasteiger partial charge on any atom is 0.0344 e. The van der Waals surface area contributed by atoms with Gasteiger partial charge in [0.15, 0.2) is 0 Å². The van der Waals surface area contributed by atoms with E-state index in [0.717, 1.165) is 5.69 Å². The minimum absolute atomic E-state index is 0.632. The first-order valence-corrected chi connectivity index (χ1v) is 5.00. The number of nitrogens with two attached hydrogens (primary N) is 1. The Hall–Kier alpha value is -0.630. The third kappa shape index (κ3) is 2.45. The average molecular weight is 181 g/mol. The summed E-state index contributed by atoms with van der Waals surface area (Å²) in [6.07, 6.45) is 0. The fourth-order valence-electron chi connectivity index (χ4n) is 0.994. The van der Waals surface area contributed by atoms with Gasteiger partial charge in [-0.3, -0.25) is 0 Å². The molecule has 66 valence electrons. The van der Waals surface area contributed by atoms with E-state index in [0.29, 0.717) is 5.25 Å². The van der Waals surface area contributed by atoms with E-state index in [1.807, 2.05) is 24.8 Å². The second-order valence-electron chi connectivity index (χ2n) is 3.19. The molecule has 2 heteroatoms. The van der Waals surface area contributed by atoms with Gasteiger partial charge in [0.1, 0.15) is 0 Å². The molecule has 0 spiro atoms. The van der Waals surface area contributed by atoms with Crippen LogP contribution in [0.4, 0.5) is 5.69 Å². The zero-order valence-electron chi connectivity index (χ0n) is 7.79. The van der Waals surface area contributed by atoms with Crippen LogP contribution in [0, 0.1) is 6.92 Å². The molecule has 0 saturated carbocycles.